The molecule has 1 saturated carbocycles. The van der Waals surface area contributed by atoms with Gasteiger partial charge in [0.15, 0.2) is 0 Å². The number of carbonyl (C=O) groups excluding carboxylic acids is 1. The van der Waals surface area contributed by atoms with E-state index in [0.29, 0.717) is 0 Å². The van der Waals surface area contributed by atoms with Gasteiger partial charge in [-0.2, -0.15) is 0 Å². The van der Waals surface area contributed by atoms with Crippen LogP contribution in [0, 0.1) is 5.41 Å². The van der Waals surface area contributed by atoms with E-state index in [9.17, 15) is 9.59 Å². The molecule has 0 bridgehead atoms. The number of hydrogen-bond acceptors (Lipinski definition) is 3. The van der Waals surface area contributed by atoms with E-state index in [1.165, 1.54) is 0 Å². The molecular weight excluding hydrogens is 298 g/mol. The largest absolute Gasteiger partial charge is 0.481 e. The second-order valence-electron chi connectivity index (χ2n) is 6.49. The lowest BCUT2D eigenvalue weighted by atomic mass is 9.93. The summed E-state index contributed by atoms with van der Waals surface area (Å²) in [6.07, 6.45) is 3.75. The summed E-state index contributed by atoms with van der Waals surface area (Å²) in [5.41, 5.74) is -0.952. The number of nitrogens with one attached hydrogen (secondary N) is 1. The fourth-order valence-electron chi connectivity index (χ4n) is 2.57. The van der Waals surface area contributed by atoms with Gasteiger partial charge in [0.25, 0.3) is 0 Å². The first-order valence-corrected chi connectivity index (χ1v) is 8.43. The third-order valence-electron chi connectivity index (χ3n) is 4.15. The van der Waals surface area contributed by atoms with Gasteiger partial charge < -0.3 is 10.4 Å². The molecule has 1 amide bonds. The van der Waals surface area contributed by atoms with Crippen LogP contribution in [-0.4, -0.2) is 28.3 Å². The van der Waals surface area contributed by atoms with Crippen LogP contribution in [0.4, 0.5) is 0 Å². The lowest BCUT2D eigenvalue weighted by Crippen LogP contribution is -2.47. The molecule has 1 aliphatic rings. The number of carboxylic acids is 1. The summed E-state index contributed by atoms with van der Waals surface area (Å²) in [6, 6.07) is 9.92. The van der Waals surface area contributed by atoms with Crippen molar-refractivity contribution in [2.24, 2.45) is 5.41 Å². The van der Waals surface area contributed by atoms with E-state index in [-0.39, 0.29) is 12.5 Å². The van der Waals surface area contributed by atoms with Crippen LogP contribution in [0.3, 0.4) is 0 Å². The molecule has 1 aliphatic carbocycles. The minimum absolute atomic E-state index is 0.0341. The molecule has 0 radical (unpaired) electrons. The van der Waals surface area contributed by atoms with Crippen LogP contribution < -0.4 is 5.32 Å². The van der Waals surface area contributed by atoms with E-state index in [4.69, 9.17) is 5.11 Å². The zero-order valence-corrected chi connectivity index (χ0v) is 13.9. The van der Waals surface area contributed by atoms with E-state index in [0.717, 1.165) is 30.6 Å². The third-order valence-corrected chi connectivity index (χ3v) is 5.64. The second kappa shape index (κ2) is 6.73. The van der Waals surface area contributed by atoms with Crippen LogP contribution in [0.2, 0.25) is 0 Å². The first-order valence-electron chi connectivity index (χ1n) is 7.62. The zero-order chi connectivity index (χ0) is 16.2. The van der Waals surface area contributed by atoms with Crippen molar-refractivity contribution in [2.45, 2.75) is 49.2 Å². The molecule has 0 saturated heterocycles. The first-order chi connectivity index (χ1) is 10.4. The minimum atomic E-state index is -0.952. The van der Waals surface area contributed by atoms with Gasteiger partial charge in [-0.15, -0.1) is 11.8 Å². The van der Waals surface area contributed by atoms with Crippen molar-refractivity contribution >= 4 is 23.6 Å². The highest BCUT2D eigenvalue weighted by molar-refractivity contribution is 8.01. The van der Waals surface area contributed by atoms with Crippen LogP contribution in [0.5, 0.6) is 0 Å². The quantitative estimate of drug-likeness (QED) is 0.843. The molecule has 5 heteroatoms. The molecule has 0 unspecified atom stereocenters. The smallest absolute Gasteiger partial charge is 0.310 e. The van der Waals surface area contributed by atoms with Crippen molar-refractivity contribution < 1.29 is 14.7 Å². The number of carboxylic acid groups (broad SMARTS) is 1. The van der Waals surface area contributed by atoms with Crippen LogP contribution in [0.15, 0.2) is 35.2 Å². The summed E-state index contributed by atoms with van der Waals surface area (Å²) in [5.74, 6) is -0.933. The Morgan fingerprint density at radius 1 is 1.23 bits per heavy atom. The van der Waals surface area contributed by atoms with E-state index in [1.807, 2.05) is 30.3 Å². The third kappa shape index (κ3) is 3.83. The molecule has 120 valence electrons. The highest BCUT2D eigenvalue weighted by Gasteiger charge is 2.43. The summed E-state index contributed by atoms with van der Waals surface area (Å²) >= 11 is 1.61. The molecule has 1 fully saturated rings. The van der Waals surface area contributed by atoms with Crippen molar-refractivity contribution in [3.63, 3.8) is 0 Å². The summed E-state index contributed by atoms with van der Waals surface area (Å²) in [4.78, 5) is 25.0. The van der Waals surface area contributed by atoms with Crippen LogP contribution in [-0.2, 0) is 9.59 Å². The molecule has 0 atom stereocenters. The maximum atomic E-state index is 12.7. The molecule has 4 nitrogen and oxygen atoms in total. The average Bonchev–Trinajstić information content (AvgIpc) is 2.95. The van der Waals surface area contributed by atoms with Gasteiger partial charge in [0.2, 0.25) is 5.91 Å². The van der Waals surface area contributed by atoms with Gasteiger partial charge in [0, 0.05) is 11.4 Å². The van der Waals surface area contributed by atoms with Gasteiger partial charge >= 0.3 is 5.97 Å². The Balaban J connectivity index is 2.07. The number of thioether (sulfide) groups is 1. The Hall–Kier alpha value is -1.49. The topological polar surface area (TPSA) is 66.4 Å². The lowest BCUT2D eigenvalue weighted by Gasteiger charge is -2.29. The molecule has 2 rings (SSSR count). The number of benzene rings is 1. The first kappa shape index (κ1) is 16.9. The minimum Gasteiger partial charge on any atom is -0.481 e. The number of aliphatic carboxylic acids is 1. The molecule has 0 heterocycles. The summed E-state index contributed by atoms with van der Waals surface area (Å²) in [6.45, 7) is 3.40. The predicted octanol–water partition coefficient (Wildman–Crippen LogP) is 3.32. The van der Waals surface area contributed by atoms with Crippen molar-refractivity contribution in [1.29, 1.82) is 0 Å². The zero-order valence-electron chi connectivity index (χ0n) is 13.1. The SMILES string of the molecule is CC(C)(CNC(=O)C1(Sc2ccccc2)CCCC1)C(=O)O. The number of carbonyl (C=O) groups is 2. The Bertz CT molecular complexity index is 536. The van der Waals surface area contributed by atoms with Crippen LogP contribution >= 0.6 is 11.8 Å². The lowest BCUT2D eigenvalue weighted by molar-refractivity contribution is -0.146. The average molecular weight is 321 g/mol. The van der Waals surface area contributed by atoms with Gasteiger partial charge in [-0.1, -0.05) is 31.0 Å². The fraction of sp³-hybridized carbons (Fsp3) is 0.529. The molecule has 0 spiro atoms. The number of amides is 1. The summed E-state index contributed by atoms with van der Waals surface area (Å²) in [5, 5.41) is 12.0. The maximum Gasteiger partial charge on any atom is 0.310 e. The molecule has 22 heavy (non-hydrogen) atoms. The molecule has 1 aromatic carbocycles. The molecule has 2 N–H and O–H groups in total. The maximum absolute atomic E-state index is 12.7. The summed E-state index contributed by atoms with van der Waals surface area (Å²) in [7, 11) is 0. The molecule has 0 aromatic heterocycles. The molecule has 0 aliphatic heterocycles. The van der Waals surface area contributed by atoms with Crippen LogP contribution in [0.25, 0.3) is 0 Å². The van der Waals surface area contributed by atoms with Gasteiger partial charge in [-0.3, -0.25) is 9.59 Å². The van der Waals surface area contributed by atoms with Crippen molar-refractivity contribution in [1.82, 2.24) is 5.32 Å². The standard InChI is InChI=1S/C17H23NO3S/c1-16(2,15(20)21)12-18-14(19)17(10-6-7-11-17)22-13-8-4-3-5-9-13/h3-5,8-9H,6-7,10-12H2,1-2H3,(H,18,19)(H,20,21). The second-order valence-corrected chi connectivity index (χ2v) is 7.95. The van der Waals surface area contributed by atoms with Gasteiger partial charge in [0.1, 0.15) is 0 Å². The normalized spacial score (nSPS) is 17.2. The highest BCUT2D eigenvalue weighted by atomic mass is 32.2. The van der Waals surface area contributed by atoms with Crippen LogP contribution in [0.1, 0.15) is 39.5 Å². The molecule has 1 aromatic rings. The Morgan fingerprint density at radius 3 is 2.36 bits per heavy atom. The number of hydrogen-bond donors (Lipinski definition) is 2. The Labute approximate surface area is 135 Å². The van der Waals surface area contributed by atoms with E-state index in [2.05, 4.69) is 5.32 Å². The van der Waals surface area contributed by atoms with Gasteiger partial charge in [0.05, 0.1) is 10.2 Å². The van der Waals surface area contributed by atoms with Gasteiger partial charge in [-0.25, -0.2) is 0 Å². The highest BCUT2D eigenvalue weighted by Crippen LogP contribution is 2.45. The van der Waals surface area contributed by atoms with Gasteiger partial charge in [-0.05, 0) is 38.8 Å². The van der Waals surface area contributed by atoms with E-state index in [1.54, 1.807) is 25.6 Å². The molecular formula is C17H23NO3S. The van der Waals surface area contributed by atoms with Crippen molar-refractivity contribution in [3.8, 4) is 0 Å². The fourth-order valence-corrected chi connectivity index (χ4v) is 3.98. The summed E-state index contributed by atoms with van der Waals surface area (Å²) < 4.78 is -0.462. The van der Waals surface area contributed by atoms with E-state index >= 15 is 0 Å². The Kier molecular flexibility index (Phi) is 5.16. The predicted molar refractivity (Wildman–Crippen MR) is 87.9 cm³/mol. The Morgan fingerprint density at radius 2 is 1.82 bits per heavy atom. The van der Waals surface area contributed by atoms with Crippen molar-refractivity contribution in [2.75, 3.05) is 6.54 Å². The monoisotopic (exact) mass is 321 g/mol. The number of rotatable bonds is 6. The van der Waals surface area contributed by atoms with Crippen molar-refractivity contribution in [3.05, 3.63) is 30.3 Å². The van der Waals surface area contributed by atoms with E-state index < -0.39 is 16.1 Å².